The average Bonchev–Trinajstić information content (AvgIpc) is 3.40. The number of aromatic nitrogens is 4. The van der Waals surface area contributed by atoms with Crippen LogP contribution < -0.4 is 5.32 Å². The Hall–Kier alpha value is -3.97. The van der Waals surface area contributed by atoms with Crippen molar-refractivity contribution in [1.82, 2.24) is 20.2 Å². The van der Waals surface area contributed by atoms with Gasteiger partial charge in [-0.1, -0.05) is 40.2 Å². The van der Waals surface area contributed by atoms with Gasteiger partial charge in [-0.15, -0.1) is 5.10 Å². The Morgan fingerprint density at radius 1 is 1.00 bits per heavy atom. The van der Waals surface area contributed by atoms with Crippen molar-refractivity contribution in [3.63, 3.8) is 0 Å². The summed E-state index contributed by atoms with van der Waals surface area (Å²) in [6, 6.07) is 18.9. The van der Waals surface area contributed by atoms with E-state index in [0.29, 0.717) is 16.5 Å². The maximum absolute atomic E-state index is 13.0. The smallest absolute Gasteiger partial charge is 0.278 e. The summed E-state index contributed by atoms with van der Waals surface area (Å²) >= 11 is 6.01. The Balaban J connectivity index is 1.50. The third kappa shape index (κ3) is 3.76. The van der Waals surface area contributed by atoms with Crippen molar-refractivity contribution in [1.29, 1.82) is 0 Å². The number of para-hydroxylation sites is 1. The van der Waals surface area contributed by atoms with Crippen LogP contribution in [0.4, 0.5) is 5.69 Å². The van der Waals surface area contributed by atoms with Crippen LogP contribution in [0.25, 0.3) is 27.9 Å². The summed E-state index contributed by atoms with van der Waals surface area (Å²) in [5.41, 5.74) is 5.98. The normalized spacial score (nSPS) is 11.2. The largest absolute Gasteiger partial charge is 0.355 e. The van der Waals surface area contributed by atoms with E-state index in [0.717, 1.165) is 39.0 Å². The molecule has 3 aromatic carbocycles. The number of fused-ring (bicyclic) bond motifs is 1. The van der Waals surface area contributed by atoms with Crippen LogP contribution in [0.2, 0.25) is 5.02 Å². The zero-order chi connectivity index (χ0) is 23.1. The first kappa shape index (κ1) is 20.9. The van der Waals surface area contributed by atoms with E-state index in [4.69, 9.17) is 16.1 Å². The number of carbonyl (C=O) groups is 1. The maximum atomic E-state index is 13.0. The first-order valence-electron chi connectivity index (χ1n) is 10.4. The minimum absolute atomic E-state index is 0.265. The van der Waals surface area contributed by atoms with Crippen molar-refractivity contribution in [3.05, 3.63) is 88.2 Å². The summed E-state index contributed by atoms with van der Waals surface area (Å²) in [6.07, 6.45) is 0. The van der Waals surface area contributed by atoms with Gasteiger partial charge in [0.1, 0.15) is 5.52 Å². The van der Waals surface area contributed by atoms with Gasteiger partial charge in [-0.2, -0.15) is 0 Å². The number of benzene rings is 3. The molecule has 7 nitrogen and oxygen atoms in total. The van der Waals surface area contributed by atoms with Gasteiger partial charge in [0.05, 0.1) is 16.8 Å². The molecule has 1 N–H and O–H groups in total. The second kappa shape index (κ2) is 8.18. The number of amides is 1. The number of hydrogen-bond acceptors (Lipinski definition) is 5. The van der Waals surface area contributed by atoms with Gasteiger partial charge in [-0.25, -0.2) is 4.68 Å². The van der Waals surface area contributed by atoms with E-state index in [-0.39, 0.29) is 11.6 Å². The van der Waals surface area contributed by atoms with Gasteiger partial charge in [-0.05, 0) is 74.4 Å². The fourth-order valence-corrected chi connectivity index (χ4v) is 3.97. The summed E-state index contributed by atoms with van der Waals surface area (Å²) < 4.78 is 7.23. The van der Waals surface area contributed by atoms with Crippen LogP contribution in [-0.2, 0) is 0 Å². The van der Waals surface area contributed by atoms with Crippen molar-refractivity contribution in [2.24, 2.45) is 0 Å². The van der Waals surface area contributed by atoms with E-state index in [1.54, 1.807) is 16.8 Å². The molecule has 0 spiro atoms. The molecule has 5 rings (SSSR count). The van der Waals surface area contributed by atoms with E-state index < -0.39 is 0 Å². The van der Waals surface area contributed by atoms with Crippen LogP contribution in [-0.4, -0.2) is 26.1 Å². The Labute approximate surface area is 195 Å². The number of anilines is 1. The van der Waals surface area contributed by atoms with Gasteiger partial charge >= 0.3 is 0 Å². The first-order chi connectivity index (χ1) is 15.9. The third-order valence-corrected chi connectivity index (χ3v) is 5.89. The molecule has 0 saturated heterocycles. The molecular weight excluding hydrogens is 438 g/mol. The molecule has 0 bridgehead atoms. The second-order valence-electron chi connectivity index (χ2n) is 7.88. The van der Waals surface area contributed by atoms with Gasteiger partial charge in [0.25, 0.3) is 5.91 Å². The molecule has 0 aliphatic heterocycles. The lowest BCUT2D eigenvalue weighted by Crippen LogP contribution is -2.15. The topological polar surface area (TPSA) is 85.8 Å². The van der Waals surface area contributed by atoms with Crippen LogP contribution in [0.5, 0.6) is 0 Å². The van der Waals surface area contributed by atoms with Crippen molar-refractivity contribution < 1.29 is 9.32 Å². The molecule has 5 aromatic rings. The van der Waals surface area contributed by atoms with E-state index in [1.165, 1.54) is 0 Å². The monoisotopic (exact) mass is 457 g/mol. The molecule has 0 aliphatic rings. The number of hydrogen-bond donors (Lipinski definition) is 1. The molecule has 33 heavy (non-hydrogen) atoms. The van der Waals surface area contributed by atoms with Gasteiger partial charge in [0.15, 0.2) is 11.5 Å². The fourth-order valence-electron chi connectivity index (χ4n) is 3.84. The second-order valence-corrected chi connectivity index (χ2v) is 8.31. The maximum Gasteiger partial charge on any atom is 0.278 e. The molecule has 0 radical (unpaired) electrons. The quantitative estimate of drug-likeness (QED) is 0.362. The van der Waals surface area contributed by atoms with Crippen LogP contribution >= 0.6 is 11.6 Å². The fraction of sp³-hybridized carbons (Fsp3) is 0.120. The van der Waals surface area contributed by atoms with E-state index in [2.05, 4.69) is 20.8 Å². The SMILES string of the molecule is Cc1cccc(C)c1NC(=O)c1nnn(-c2ccc3noc(-c4ccc(Cl)cc4)c3c2)c1C. The summed E-state index contributed by atoms with van der Waals surface area (Å²) in [4.78, 5) is 13.0. The molecule has 0 aliphatic carbocycles. The minimum Gasteiger partial charge on any atom is -0.355 e. The van der Waals surface area contributed by atoms with Gasteiger partial charge in [-0.3, -0.25) is 4.79 Å². The summed E-state index contributed by atoms with van der Waals surface area (Å²) in [7, 11) is 0. The highest BCUT2D eigenvalue weighted by atomic mass is 35.5. The highest BCUT2D eigenvalue weighted by molar-refractivity contribution is 6.30. The molecule has 1 amide bonds. The lowest BCUT2D eigenvalue weighted by atomic mass is 10.1. The van der Waals surface area contributed by atoms with Crippen molar-refractivity contribution in [2.75, 3.05) is 5.32 Å². The Kier molecular flexibility index (Phi) is 5.18. The minimum atomic E-state index is -0.302. The number of aryl methyl sites for hydroxylation is 2. The van der Waals surface area contributed by atoms with Crippen molar-refractivity contribution in [2.45, 2.75) is 20.8 Å². The number of carbonyl (C=O) groups excluding carboxylic acids is 1. The molecule has 2 aromatic heterocycles. The molecule has 2 heterocycles. The number of nitrogens with one attached hydrogen (secondary N) is 1. The molecule has 0 atom stereocenters. The summed E-state index contributed by atoms with van der Waals surface area (Å²) in [6.45, 7) is 5.73. The Morgan fingerprint density at radius 3 is 2.45 bits per heavy atom. The molecule has 0 unspecified atom stereocenters. The van der Waals surface area contributed by atoms with Gasteiger partial charge in [0.2, 0.25) is 0 Å². The van der Waals surface area contributed by atoms with Crippen LogP contribution in [0.3, 0.4) is 0 Å². The molecular formula is C25H20ClN5O2. The number of halogens is 1. The van der Waals surface area contributed by atoms with Crippen LogP contribution in [0, 0.1) is 20.8 Å². The summed E-state index contributed by atoms with van der Waals surface area (Å²) in [5, 5.41) is 17.0. The standard InChI is InChI=1S/C25H20ClN5O2/c1-14-5-4-6-15(2)22(14)27-25(32)23-16(3)31(30-28-23)19-11-12-21-20(13-19)24(33-29-21)17-7-9-18(26)10-8-17/h4-13H,1-3H3,(H,27,32). The third-order valence-electron chi connectivity index (χ3n) is 5.64. The van der Waals surface area contributed by atoms with Crippen molar-refractivity contribution in [3.8, 4) is 17.0 Å². The molecule has 0 fully saturated rings. The number of rotatable bonds is 4. The van der Waals surface area contributed by atoms with Gasteiger partial charge in [0, 0.05) is 16.3 Å². The molecule has 164 valence electrons. The Morgan fingerprint density at radius 2 is 1.73 bits per heavy atom. The first-order valence-corrected chi connectivity index (χ1v) is 10.8. The Bertz CT molecular complexity index is 1480. The highest BCUT2D eigenvalue weighted by Gasteiger charge is 2.20. The van der Waals surface area contributed by atoms with Crippen LogP contribution in [0.1, 0.15) is 27.3 Å². The number of nitrogens with zero attached hydrogens (tertiary/aromatic N) is 4. The predicted octanol–water partition coefficient (Wildman–Crippen LogP) is 5.91. The lowest BCUT2D eigenvalue weighted by Gasteiger charge is -2.10. The zero-order valence-corrected chi connectivity index (χ0v) is 19.0. The predicted molar refractivity (Wildman–Crippen MR) is 128 cm³/mol. The van der Waals surface area contributed by atoms with E-state index in [9.17, 15) is 4.79 Å². The van der Waals surface area contributed by atoms with E-state index >= 15 is 0 Å². The van der Waals surface area contributed by atoms with Gasteiger partial charge < -0.3 is 9.84 Å². The summed E-state index contributed by atoms with van der Waals surface area (Å²) in [5.74, 6) is 0.332. The van der Waals surface area contributed by atoms with E-state index in [1.807, 2.05) is 69.3 Å². The zero-order valence-electron chi connectivity index (χ0n) is 18.3. The van der Waals surface area contributed by atoms with Crippen LogP contribution in [0.15, 0.2) is 65.2 Å². The van der Waals surface area contributed by atoms with Crippen molar-refractivity contribution >= 4 is 34.1 Å². The highest BCUT2D eigenvalue weighted by Crippen LogP contribution is 2.31. The molecule has 8 heteroatoms. The average molecular weight is 458 g/mol. The lowest BCUT2D eigenvalue weighted by molar-refractivity contribution is 0.102. The molecule has 0 saturated carbocycles.